The summed E-state index contributed by atoms with van der Waals surface area (Å²) in [6, 6.07) is 0. The van der Waals surface area contributed by atoms with E-state index in [2.05, 4.69) is 10.3 Å². The molecule has 0 unspecified atom stereocenters. The van der Waals surface area contributed by atoms with E-state index in [1.54, 1.807) is 29.3 Å². The number of aldehydes is 1. The summed E-state index contributed by atoms with van der Waals surface area (Å²) in [4.78, 5) is 41.5. The third kappa shape index (κ3) is 1.64. The molecule has 3 rings (SSSR count). The molecule has 0 spiro atoms. The molecule has 2 aromatic heterocycles. The van der Waals surface area contributed by atoms with Crippen molar-refractivity contribution in [1.82, 2.24) is 14.7 Å². The van der Waals surface area contributed by atoms with E-state index in [4.69, 9.17) is 0 Å². The molecule has 1 saturated heterocycles. The zero-order valence-corrected chi connectivity index (χ0v) is 11.7. The maximum atomic E-state index is 12.0. The number of fused-ring (bicyclic) bond motifs is 1. The van der Waals surface area contributed by atoms with E-state index in [0.29, 0.717) is 22.8 Å². The number of aromatic nitrogens is 2. The van der Waals surface area contributed by atoms with Crippen molar-refractivity contribution >= 4 is 40.2 Å². The van der Waals surface area contributed by atoms with Crippen LogP contribution in [0.5, 0.6) is 0 Å². The van der Waals surface area contributed by atoms with Crippen LogP contribution < -0.4 is 10.2 Å². The Morgan fingerprint density at radius 3 is 2.90 bits per heavy atom. The summed E-state index contributed by atoms with van der Waals surface area (Å²) in [5.74, 6) is -0.440. The van der Waals surface area contributed by atoms with Gasteiger partial charge in [0.05, 0.1) is 6.54 Å². The van der Waals surface area contributed by atoms with Gasteiger partial charge in [0.2, 0.25) is 5.91 Å². The number of anilines is 1. The van der Waals surface area contributed by atoms with Gasteiger partial charge in [-0.15, -0.1) is 11.3 Å². The predicted octanol–water partition coefficient (Wildman–Crippen LogP) is 0.450. The van der Waals surface area contributed by atoms with Gasteiger partial charge in [0.15, 0.2) is 17.1 Å². The van der Waals surface area contributed by atoms with E-state index in [1.807, 2.05) is 5.38 Å². The van der Waals surface area contributed by atoms with Crippen molar-refractivity contribution in [3.63, 3.8) is 0 Å². The van der Waals surface area contributed by atoms with Crippen molar-refractivity contribution in [2.24, 2.45) is 0 Å². The molecule has 0 aliphatic carbocycles. The molecule has 0 aromatic carbocycles. The summed E-state index contributed by atoms with van der Waals surface area (Å²) in [6.07, 6.45) is 2.42. The van der Waals surface area contributed by atoms with E-state index in [1.165, 1.54) is 11.3 Å². The highest BCUT2D eigenvalue weighted by atomic mass is 32.1. The number of amides is 2. The summed E-state index contributed by atoms with van der Waals surface area (Å²) in [7, 11) is 0. The molecule has 8 heteroatoms. The fraction of sp³-hybridized carbons (Fsp3) is 0.333. The van der Waals surface area contributed by atoms with Crippen LogP contribution in [0, 0.1) is 0 Å². The van der Waals surface area contributed by atoms with E-state index >= 15 is 0 Å². The second-order valence-corrected chi connectivity index (χ2v) is 5.89. The standard InChI is InChI=1S/C12H12N4O3S/c1-12(2)10(19)13-8(18)5-16(12)9-7(6-17)15-3-4-20-11(15)14-9/h3-4,6H,5H2,1-2H3,(H,13,18,19). The predicted molar refractivity (Wildman–Crippen MR) is 73.0 cm³/mol. The molecule has 0 bridgehead atoms. The Bertz CT molecular complexity index is 730. The van der Waals surface area contributed by atoms with Crippen molar-refractivity contribution in [2.45, 2.75) is 19.4 Å². The lowest BCUT2D eigenvalue weighted by molar-refractivity contribution is -0.135. The lowest BCUT2D eigenvalue weighted by atomic mass is 9.98. The second-order valence-electron chi connectivity index (χ2n) is 5.02. The molecule has 0 radical (unpaired) electrons. The quantitative estimate of drug-likeness (QED) is 0.642. The lowest BCUT2D eigenvalue weighted by Gasteiger charge is -2.40. The highest BCUT2D eigenvalue weighted by Gasteiger charge is 2.43. The number of thiazole rings is 1. The Labute approximate surface area is 118 Å². The number of hydrogen-bond donors (Lipinski definition) is 1. The molecule has 1 aliphatic rings. The normalized spacial score (nSPS) is 18.4. The van der Waals surface area contributed by atoms with Crippen molar-refractivity contribution < 1.29 is 14.4 Å². The average Bonchev–Trinajstić information content (AvgIpc) is 2.93. The Morgan fingerprint density at radius 1 is 1.45 bits per heavy atom. The first-order valence-electron chi connectivity index (χ1n) is 5.98. The first kappa shape index (κ1) is 12.8. The third-order valence-corrected chi connectivity index (χ3v) is 4.19. The van der Waals surface area contributed by atoms with Gasteiger partial charge in [-0.1, -0.05) is 0 Å². The Kier molecular flexibility index (Phi) is 2.65. The molecule has 104 valence electrons. The maximum absolute atomic E-state index is 12.0. The fourth-order valence-electron chi connectivity index (χ4n) is 2.22. The van der Waals surface area contributed by atoms with Gasteiger partial charge >= 0.3 is 0 Å². The largest absolute Gasteiger partial charge is 0.331 e. The van der Waals surface area contributed by atoms with Crippen molar-refractivity contribution in [1.29, 1.82) is 0 Å². The number of rotatable bonds is 2. The van der Waals surface area contributed by atoms with E-state index in [-0.39, 0.29) is 6.54 Å². The molecular formula is C12H12N4O3S. The lowest BCUT2D eigenvalue weighted by Crippen LogP contribution is -2.64. The van der Waals surface area contributed by atoms with Crippen LogP contribution in [0.3, 0.4) is 0 Å². The van der Waals surface area contributed by atoms with Crippen LogP contribution in [0.25, 0.3) is 4.96 Å². The van der Waals surface area contributed by atoms with Crippen molar-refractivity contribution in [3.8, 4) is 0 Å². The number of piperazine rings is 1. The van der Waals surface area contributed by atoms with Crippen LogP contribution in [0.4, 0.5) is 5.82 Å². The van der Waals surface area contributed by atoms with Gasteiger partial charge < -0.3 is 4.90 Å². The number of hydrogen-bond acceptors (Lipinski definition) is 6. The summed E-state index contributed by atoms with van der Waals surface area (Å²) < 4.78 is 1.65. The monoisotopic (exact) mass is 292 g/mol. The number of imidazole rings is 1. The van der Waals surface area contributed by atoms with Gasteiger partial charge in [0.25, 0.3) is 5.91 Å². The van der Waals surface area contributed by atoms with Gasteiger partial charge in [-0.3, -0.25) is 24.1 Å². The summed E-state index contributed by atoms with van der Waals surface area (Å²) >= 11 is 1.38. The second kappa shape index (κ2) is 4.14. The van der Waals surface area contributed by atoms with Crippen LogP contribution in [0.15, 0.2) is 11.6 Å². The Balaban J connectivity index is 2.17. The molecule has 2 aromatic rings. The minimum atomic E-state index is -0.949. The number of nitrogens with zero attached hydrogens (tertiary/aromatic N) is 3. The average molecular weight is 292 g/mol. The number of imide groups is 1. The highest BCUT2D eigenvalue weighted by Crippen LogP contribution is 2.30. The van der Waals surface area contributed by atoms with Crippen LogP contribution in [-0.4, -0.2) is 39.6 Å². The van der Waals surface area contributed by atoms with Crippen molar-refractivity contribution in [2.75, 3.05) is 11.4 Å². The molecule has 0 saturated carbocycles. The van der Waals surface area contributed by atoms with E-state index < -0.39 is 17.4 Å². The molecular weight excluding hydrogens is 280 g/mol. The topological polar surface area (TPSA) is 83.8 Å². The number of carbonyl (C=O) groups excluding carboxylic acids is 3. The molecule has 3 heterocycles. The first-order chi connectivity index (χ1) is 9.45. The molecule has 1 N–H and O–H groups in total. The summed E-state index contributed by atoms with van der Waals surface area (Å²) in [5, 5.41) is 4.11. The molecule has 2 amide bonds. The van der Waals surface area contributed by atoms with E-state index in [0.717, 1.165) is 0 Å². The molecule has 7 nitrogen and oxygen atoms in total. The Hall–Kier alpha value is -2.22. The van der Waals surface area contributed by atoms with Gasteiger partial charge in [-0.05, 0) is 13.8 Å². The van der Waals surface area contributed by atoms with Gasteiger partial charge in [-0.2, -0.15) is 0 Å². The van der Waals surface area contributed by atoms with Crippen LogP contribution in [-0.2, 0) is 9.59 Å². The molecule has 1 fully saturated rings. The van der Waals surface area contributed by atoms with Gasteiger partial charge in [-0.25, -0.2) is 4.98 Å². The van der Waals surface area contributed by atoms with E-state index in [9.17, 15) is 14.4 Å². The molecule has 1 aliphatic heterocycles. The van der Waals surface area contributed by atoms with Crippen LogP contribution >= 0.6 is 11.3 Å². The molecule has 0 atom stereocenters. The fourth-order valence-corrected chi connectivity index (χ4v) is 2.94. The highest BCUT2D eigenvalue weighted by molar-refractivity contribution is 7.15. The van der Waals surface area contributed by atoms with Crippen molar-refractivity contribution in [3.05, 3.63) is 17.3 Å². The van der Waals surface area contributed by atoms with Gasteiger partial charge in [0, 0.05) is 11.6 Å². The maximum Gasteiger partial charge on any atom is 0.251 e. The Morgan fingerprint density at radius 2 is 2.20 bits per heavy atom. The summed E-state index contributed by atoms with van der Waals surface area (Å²) in [6.45, 7) is 3.37. The summed E-state index contributed by atoms with van der Waals surface area (Å²) in [5.41, 5.74) is -0.604. The number of carbonyl (C=O) groups is 3. The zero-order chi connectivity index (χ0) is 14.5. The first-order valence-corrected chi connectivity index (χ1v) is 6.86. The SMILES string of the molecule is CC1(C)C(=O)NC(=O)CN1c1nc2sccn2c1C=O. The zero-order valence-electron chi connectivity index (χ0n) is 10.9. The smallest absolute Gasteiger partial charge is 0.251 e. The number of nitrogens with one attached hydrogen (secondary N) is 1. The minimum Gasteiger partial charge on any atom is -0.331 e. The van der Waals surface area contributed by atoms with Crippen LogP contribution in [0.2, 0.25) is 0 Å². The molecule has 20 heavy (non-hydrogen) atoms. The van der Waals surface area contributed by atoms with Crippen LogP contribution in [0.1, 0.15) is 24.3 Å². The minimum absolute atomic E-state index is 0.00951. The third-order valence-electron chi connectivity index (χ3n) is 3.43. The van der Waals surface area contributed by atoms with Gasteiger partial charge in [0.1, 0.15) is 11.2 Å².